The molecule has 0 fully saturated rings. The van der Waals surface area contributed by atoms with Crippen LogP contribution in [0.15, 0.2) is 23.3 Å². The van der Waals surface area contributed by atoms with Crippen LogP contribution in [0.1, 0.15) is 27.7 Å². The van der Waals surface area contributed by atoms with Gasteiger partial charge < -0.3 is 4.74 Å². The smallest absolute Gasteiger partial charge is 0.280 e. The maximum atomic E-state index is 11.8. The highest BCUT2D eigenvalue weighted by molar-refractivity contribution is 6.35. The van der Waals surface area contributed by atoms with E-state index in [4.69, 9.17) is 27.9 Å². The average molecular weight is 317 g/mol. The number of nitrogens with zero attached hydrogens (tertiary/aromatic N) is 1. The number of halogens is 2. The lowest BCUT2D eigenvalue weighted by molar-refractivity contribution is -0.127. The Morgan fingerprint density at radius 2 is 1.95 bits per heavy atom. The predicted octanol–water partition coefficient (Wildman–Crippen LogP) is 3.91. The second-order valence-electron chi connectivity index (χ2n) is 4.72. The van der Waals surface area contributed by atoms with Gasteiger partial charge in [-0.25, -0.2) is 5.43 Å². The van der Waals surface area contributed by atoms with Crippen molar-refractivity contribution >= 4 is 34.8 Å². The standard InChI is InChI=1S/C14H18Cl2N2O2/c1-8(2)9(3)17-18-14(19)10(4)20-13-6-5-11(15)7-12(13)16/h5-8,10H,1-4H3,(H,18,19). The summed E-state index contributed by atoms with van der Waals surface area (Å²) in [6, 6.07) is 4.83. The third-order valence-electron chi connectivity index (χ3n) is 2.74. The normalized spacial score (nSPS) is 13.2. The first-order valence-corrected chi connectivity index (χ1v) is 7.02. The van der Waals surface area contributed by atoms with Crippen LogP contribution in [-0.2, 0) is 4.79 Å². The van der Waals surface area contributed by atoms with Gasteiger partial charge in [0.05, 0.1) is 5.02 Å². The molecule has 1 aromatic carbocycles. The Hall–Kier alpha value is -1.26. The summed E-state index contributed by atoms with van der Waals surface area (Å²) in [5.41, 5.74) is 3.31. The van der Waals surface area contributed by atoms with E-state index in [2.05, 4.69) is 10.5 Å². The summed E-state index contributed by atoms with van der Waals surface area (Å²) >= 11 is 11.8. The molecule has 0 heterocycles. The Balaban J connectivity index is 2.64. The number of carbonyl (C=O) groups is 1. The molecule has 20 heavy (non-hydrogen) atoms. The van der Waals surface area contributed by atoms with E-state index in [0.717, 1.165) is 5.71 Å². The summed E-state index contributed by atoms with van der Waals surface area (Å²) in [5, 5.41) is 4.88. The van der Waals surface area contributed by atoms with Gasteiger partial charge in [0.15, 0.2) is 6.10 Å². The zero-order chi connectivity index (χ0) is 15.3. The van der Waals surface area contributed by atoms with E-state index in [0.29, 0.717) is 15.8 Å². The molecule has 6 heteroatoms. The third kappa shape index (κ3) is 5.02. The van der Waals surface area contributed by atoms with Gasteiger partial charge in [-0.2, -0.15) is 5.10 Å². The van der Waals surface area contributed by atoms with Crippen LogP contribution in [0.5, 0.6) is 5.75 Å². The van der Waals surface area contributed by atoms with Crippen LogP contribution in [0.2, 0.25) is 10.0 Å². The van der Waals surface area contributed by atoms with Crippen molar-refractivity contribution in [2.75, 3.05) is 0 Å². The van der Waals surface area contributed by atoms with E-state index < -0.39 is 6.10 Å². The highest BCUT2D eigenvalue weighted by Crippen LogP contribution is 2.28. The van der Waals surface area contributed by atoms with E-state index in [1.165, 1.54) is 0 Å². The molecule has 1 aromatic rings. The minimum absolute atomic E-state index is 0.275. The molecule has 0 bridgehead atoms. The Labute approximate surface area is 129 Å². The van der Waals surface area contributed by atoms with Crippen molar-refractivity contribution in [3.63, 3.8) is 0 Å². The molecule has 0 radical (unpaired) electrons. The summed E-state index contributed by atoms with van der Waals surface area (Å²) in [5.74, 6) is 0.344. The zero-order valence-electron chi connectivity index (χ0n) is 11.9. The number of rotatable bonds is 5. The van der Waals surface area contributed by atoms with E-state index in [9.17, 15) is 4.79 Å². The van der Waals surface area contributed by atoms with Crippen molar-refractivity contribution < 1.29 is 9.53 Å². The van der Waals surface area contributed by atoms with Crippen molar-refractivity contribution in [2.24, 2.45) is 11.0 Å². The van der Waals surface area contributed by atoms with E-state index >= 15 is 0 Å². The second-order valence-corrected chi connectivity index (χ2v) is 5.56. The fourth-order valence-corrected chi connectivity index (χ4v) is 1.63. The molecule has 0 aliphatic heterocycles. The first-order chi connectivity index (χ1) is 9.31. The number of carbonyl (C=O) groups excluding carboxylic acids is 1. The molecule has 1 rings (SSSR count). The second kappa shape index (κ2) is 7.50. The minimum Gasteiger partial charge on any atom is -0.479 e. The van der Waals surface area contributed by atoms with Gasteiger partial charge >= 0.3 is 0 Å². The number of benzene rings is 1. The number of hydrazone groups is 1. The van der Waals surface area contributed by atoms with E-state index in [-0.39, 0.29) is 11.8 Å². The molecule has 1 N–H and O–H groups in total. The molecular formula is C14H18Cl2N2O2. The van der Waals surface area contributed by atoms with Gasteiger partial charge in [-0.15, -0.1) is 0 Å². The lowest BCUT2D eigenvalue weighted by Gasteiger charge is -2.14. The highest BCUT2D eigenvalue weighted by Gasteiger charge is 2.16. The molecule has 110 valence electrons. The molecule has 0 spiro atoms. The summed E-state index contributed by atoms with van der Waals surface area (Å²) in [7, 11) is 0. The van der Waals surface area contributed by atoms with Crippen molar-refractivity contribution in [1.29, 1.82) is 0 Å². The first-order valence-electron chi connectivity index (χ1n) is 6.27. The maximum absolute atomic E-state index is 11.8. The topological polar surface area (TPSA) is 50.7 Å². The maximum Gasteiger partial charge on any atom is 0.280 e. The van der Waals surface area contributed by atoms with Crippen LogP contribution in [0.3, 0.4) is 0 Å². The SMILES string of the molecule is CC(=NNC(=O)C(C)Oc1ccc(Cl)cc1Cl)C(C)C. The van der Waals surface area contributed by atoms with Gasteiger partial charge in [0.2, 0.25) is 0 Å². The van der Waals surface area contributed by atoms with Gasteiger partial charge in [-0.1, -0.05) is 37.0 Å². The number of hydrogen-bond acceptors (Lipinski definition) is 3. The molecular weight excluding hydrogens is 299 g/mol. The minimum atomic E-state index is -0.711. The molecule has 0 saturated heterocycles. The third-order valence-corrected chi connectivity index (χ3v) is 3.28. The zero-order valence-corrected chi connectivity index (χ0v) is 13.4. The molecule has 0 aliphatic carbocycles. The number of ether oxygens (including phenoxy) is 1. The fraction of sp³-hybridized carbons (Fsp3) is 0.429. The van der Waals surface area contributed by atoms with E-state index in [1.54, 1.807) is 25.1 Å². The van der Waals surface area contributed by atoms with Gasteiger partial charge in [-0.3, -0.25) is 4.79 Å². The lowest BCUT2D eigenvalue weighted by Crippen LogP contribution is -2.34. The summed E-state index contributed by atoms with van der Waals surface area (Å²) in [6.45, 7) is 7.48. The molecule has 0 aromatic heterocycles. The lowest BCUT2D eigenvalue weighted by atomic mass is 10.1. The van der Waals surface area contributed by atoms with Crippen LogP contribution in [-0.4, -0.2) is 17.7 Å². The van der Waals surface area contributed by atoms with Gasteiger partial charge in [0, 0.05) is 10.7 Å². The number of nitrogens with one attached hydrogen (secondary N) is 1. The Bertz CT molecular complexity index is 516. The average Bonchev–Trinajstić information content (AvgIpc) is 2.38. The highest BCUT2D eigenvalue weighted by atomic mass is 35.5. The number of hydrogen-bond donors (Lipinski definition) is 1. The van der Waals surface area contributed by atoms with Gasteiger partial charge in [0.1, 0.15) is 5.75 Å². The van der Waals surface area contributed by atoms with Crippen molar-refractivity contribution in [3.8, 4) is 5.75 Å². The van der Waals surface area contributed by atoms with Crippen LogP contribution >= 0.6 is 23.2 Å². The molecule has 0 saturated carbocycles. The van der Waals surface area contributed by atoms with Crippen LogP contribution in [0, 0.1) is 5.92 Å². The predicted molar refractivity (Wildman–Crippen MR) is 82.6 cm³/mol. The summed E-state index contributed by atoms with van der Waals surface area (Å²) < 4.78 is 5.48. The molecule has 1 amide bonds. The van der Waals surface area contributed by atoms with Crippen LogP contribution in [0.25, 0.3) is 0 Å². The molecule has 4 nitrogen and oxygen atoms in total. The Kier molecular flexibility index (Phi) is 6.30. The first kappa shape index (κ1) is 16.8. The van der Waals surface area contributed by atoms with E-state index in [1.807, 2.05) is 20.8 Å². The van der Waals surface area contributed by atoms with Crippen molar-refractivity contribution in [3.05, 3.63) is 28.2 Å². The Morgan fingerprint density at radius 3 is 2.50 bits per heavy atom. The molecule has 1 atom stereocenters. The van der Waals surface area contributed by atoms with Crippen LogP contribution in [0.4, 0.5) is 0 Å². The van der Waals surface area contributed by atoms with Gasteiger partial charge in [-0.05, 0) is 38.0 Å². The Morgan fingerprint density at radius 1 is 1.30 bits per heavy atom. The molecule has 1 unspecified atom stereocenters. The fourth-order valence-electron chi connectivity index (χ4n) is 1.18. The summed E-state index contributed by atoms with van der Waals surface area (Å²) in [6.07, 6.45) is -0.711. The van der Waals surface area contributed by atoms with Crippen LogP contribution < -0.4 is 10.2 Å². The largest absolute Gasteiger partial charge is 0.479 e. The monoisotopic (exact) mass is 316 g/mol. The molecule has 0 aliphatic rings. The summed E-state index contributed by atoms with van der Waals surface area (Å²) in [4.78, 5) is 11.8. The van der Waals surface area contributed by atoms with Crippen molar-refractivity contribution in [1.82, 2.24) is 5.43 Å². The van der Waals surface area contributed by atoms with Gasteiger partial charge in [0.25, 0.3) is 5.91 Å². The quantitative estimate of drug-likeness (QED) is 0.661. The number of amides is 1. The van der Waals surface area contributed by atoms with Crippen molar-refractivity contribution in [2.45, 2.75) is 33.8 Å².